The van der Waals surface area contributed by atoms with E-state index in [-0.39, 0.29) is 5.41 Å². The summed E-state index contributed by atoms with van der Waals surface area (Å²) in [5, 5.41) is 10.7. The van der Waals surface area contributed by atoms with Gasteiger partial charge in [0.25, 0.3) is 0 Å². The largest absolute Gasteiger partial charge is 0.346 e. The van der Waals surface area contributed by atoms with Gasteiger partial charge in [-0.1, -0.05) is 37.5 Å². The van der Waals surface area contributed by atoms with Crippen LogP contribution in [0.5, 0.6) is 0 Å². The van der Waals surface area contributed by atoms with Gasteiger partial charge in [0.15, 0.2) is 0 Å². The van der Waals surface area contributed by atoms with Crippen LogP contribution in [0.1, 0.15) is 63.3 Å². The van der Waals surface area contributed by atoms with Crippen LogP contribution in [0.15, 0.2) is 0 Å². The van der Waals surface area contributed by atoms with Gasteiger partial charge >= 0.3 is 0 Å². The van der Waals surface area contributed by atoms with Crippen LogP contribution in [-0.2, 0) is 11.2 Å². The van der Waals surface area contributed by atoms with Crippen LogP contribution in [0.25, 0.3) is 0 Å². The lowest BCUT2D eigenvalue weighted by Crippen LogP contribution is -2.54. The molecular formula is C18H28N4OS. The van der Waals surface area contributed by atoms with Gasteiger partial charge in [-0.15, -0.1) is 10.2 Å². The van der Waals surface area contributed by atoms with E-state index >= 15 is 0 Å². The zero-order chi connectivity index (χ0) is 16.6. The molecule has 1 saturated carbocycles. The Morgan fingerprint density at radius 1 is 1.12 bits per heavy atom. The molecule has 132 valence electrons. The quantitative estimate of drug-likeness (QED) is 0.841. The van der Waals surface area contributed by atoms with Gasteiger partial charge in [-0.25, -0.2) is 0 Å². The highest BCUT2D eigenvalue weighted by atomic mass is 32.1. The normalized spacial score (nSPS) is 29.0. The second kappa shape index (κ2) is 6.62. The summed E-state index contributed by atoms with van der Waals surface area (Å²) in [6, 6.07) is 0.505. The number of hydrogen-bond donors (Lipinski definition) is 0. The maximum absolute atomic E-state index is 13.4. The summed E-state index contributed by atoms with van der Waals surface area (Å²) in [7, 11) is 0. The van der Waals surface area contributed by atoms with Crippen LogP contribution in [0, 0.1) is 5.41 Å². The number of aromatic nitrogens is 2. The average molecular weight is 349 g/mol. The predicted molar refractivity (Wildman–Crippen MR) is 96.4 cm³/mol. The predicted octanol–water partition coefficient (Wildman–Crippen LogP) is 3.25. The lowest BCUT2D eigenvalue weighted by molar-refractivity contribution is -0.148. The SMILES string of the molecule is CCc1nnc(N2CC[C@]3(CCCN(C4CCCCC4)C3=O)C2)s1. The van der Waals surface area contributed by atoms with Crippen molar-refractivity contribution in [3.8, 4) is 0 Å². The third-order valence-corrected chi connectivity index (χ3v) is 7.30. The summed E-state index contributed by atoms with van der Waals surface area (Å²) >= 11 is 1.69. The topological polar surface area (TPSA) is 49.3 Å². The molecule has 3 aliphatic rings. The monoisotopic (exact) mass is 348 g/mol. The Morgan fingerprint density at radius 2 is 1.96 bits per heavy atom. The van der Waals surface area contributed by atoms with E-state index in [0.717, 1.165) is 55.5 Å². The lowest BCUT2D eigenvalue weighted by atomic mass is 9.77. The highest BCUT2D eigenvalue weighted by Gasteiger charge is 2.50. The zero-order valence-electron chi connectivity index (χ0n) is 14.7. The van der Waals surface area contributed by atoms with Crippen molar-refractivity contribution in [2.75, 3.05) is 24.5 Å². The van der Waals surface area contributed by atoms with Crippen LogP contribution in [0.4, 0.5) is 5.13 Å². The Balaban J connectivity index is 1.49. The number of piperidine rings is 1. The number of anilines is 1. The van der Waals surface area contributed by atoms with E-state index in [2.05, 4.69) is 26.9 Å². The first-order chi connectivity index (χ1) is 11.7. The molecule has 24 heavy (non-hydrogen) atoms. The van der Waals surface area contributed by atoms with E-state index in [9.17, 15) is 4.79 Å². The van der Waals surface area contributed by atoms with Gasteiger partial charge in [0.05, 0.1) is 5.41 Å². The Hall–Kier alpha value is -1.17. The molecule has 2 saturated heterocycles. The molecule has 2 aliphatic heterocycles. The highest BCUT2D eigenvalue weighted by Crippen LogP contribution is 2.43. The molecule has 1 spiro atoms. The van der Waals surface area contributed by atoms with E-state index in [1.807, 2.05) is 0 Å². The first-order valence-electron chi connectivity index (χ1n) is 9.60. The van der Waals surface area contributed by atoms with E-state index in [4.69, 9.17) is 0 Å². The number of likely N-dealkylation sites (tertiary alicyclic amines) is 1. The van der Waals surface area contributed by atoms with Crippen LogP contribution < -0.4 is 4.90 Å². The van der Waals surface area contributed by atoms with Crippen molar-refractivity contribution >= 4 is 22.4 Å². The van der Waals surface area contributed by atoms with Crippen molar-refractivity contribution in [3.63, 3.8) is 0 Å². The molecule has 0 N–H and O–H groups in total. The van der Waals surface area contributed by atoms with Gasteiger partial charge in [0, 0.05) is 25.7 Å². The molecule has 0 unspecified atom stereocenters. The Bertz CT molecular complexity index is 598. The van der Waals surface area contributed by atoms with Crippen LogP contribution in [0.3, 0.4) is 0 Å². The van der Waals surface area contributed by atoms with E-state index in [1.54, 1.807) is 11.3 Å². The fourth-order valence-electron chi connectivity index (χ4n) is 4.77. The molecule has 4 rings (SSSR count). The van der Waals surface area contributed by atoms with Crippen LogP contribution in [-0.4, -0.2) is 46.7 Å². The summed E-state index contributed by atoms with van der Waals surface area (Å²) in [5.41, 5.74) is -0.159. The molecular weight excluding hydrogens is 320 g/mol. The minimum absolute atomic E-state index is 0.159. The average Bonchev–Trinajstić information content (AvgIpc) is 3.26. The molecule has 0 bridgehead atoms. The molecule has 1 aromatic rings. The minimum atomic E-state index is -0.159. The Labute approximate surface area is 148 Å². The van der Waals surface area contributed by atoms with E-state index < -0.39 is 0 Å². The van der Waals surface area contributed by atoms with E-state index in [0.29, 0.717) is 11.9 Å². The van der Waals surface area contributed by atoms with Crippen molar-refractivity contribution in [2.45, 2.75) is 70.8 Å². The van der Waals surface area contributed by atoms with Gasteiger partial charge < -0.3 is 9.80 Å². The Kier molecular flexibility index (Phi) is 4.50. The fourth-order valence-corrected chi connectivity index (χ4v) is 5.58. The Morgan fingerprint density at radius 3 is 2.71 bits per heavy atom. The lowest BCUT2D eigenvalue weighted by Gasteiger charge is -2.44. The molecule has 1 aromatic heterocycles. The number of rotatable bonds is 3. The molecule has 1 amide bonds. The number of amides is 1. The first-order valence-corrected chi connectivity index (χ1v) is 10.4. The number of carbonyl (C=O) groups is 1. The zero-order valence-corrected chi connectivity index (χ0v) is 15.5. The van der Waals surface area contributed by atoms with Gasteiger partial charge in [-0.3, -0.25) is 4.79 Å². The summed E-state index contributed by atoms with van der Waals surface area (Å²) in [4.78, 5) is 17.9. The second-order valence-electron chi connectivity index (χ2n) is 7.68. The first kappa shape index (κ1) is 16.3. The van der Waals surface area contributed by atoms with Gasteiger partial charge in [0.2, 0.25) is 11.0 Å². The molecule has 3 heterocycles. The number of nitrogens with zero attached hydrogens (tertiary/aromatic N) is 4. The number of aryl methyl sites for hydroxylation is 1. The number of carbonyl (C=O) groups excluding carboxylic acids is 1. The van der Waals surface area contributed by atoms with Gasteiger partial charge in [-0.05, 0) is 38.5 Å². The van der Waals surface area contributed by atoms with E-state index in [1.165, 1.54) is 32.1 Å². The van der Waals surface area contributed by atoms with Crippen LogP contribution in [0.2, 0.25) is 0 Å². The molecule has 1 atom stereocenters. The number of hydrogen-bond acceptors (Lipinski definition) is 5. The van der Waals surface area contributed by atoms with Crippen molar-refractivity contribution in [1.29, 1.82) is 0 Å². The summed E-state index contributed by atoms with van der Waals surface area (Å²) in [5.74, 6) is 0.434. The van der Waals surface area contributed by atoms with Crippen molar-refractivity contribution < 1.29 is 4.79 Å². The molecule has 1 aliphatic carbocycles. The van der Waals surface area contributed by atoms with Crippen LogP contribution >= 0.6 is 11.3 Å². The molecule has 0 aromatic carbocycles. The van der Waals surface area contributed by atoms with Crippen molar-refractivity contribution in [2.24, 2.45) is 5.41 Å². The highest BCUT2D eigenvalue weighted by molar-refractivity contribution is 7.15. The van der Waals surface area contributed by atoms with Crippen molar-refractivity contribution in [3.05, 3.63) is 5.01 Å². The smallest absolute Gasteiger partial charge is 0.230 e. The maximum atomic E-state index is 13.4. The van der Waals surface area contributed by atoms with Gasteiger partial charge in [-0.2, -0.15) is 0 Å². The minimum Gasteiger partial charge on any atom is -0.346 e. The summed E-state index contributed by atoms with van der Waals surface area (Å²) in [6.45, 7) is 4.88. The molecule has 0 radical (unpaired) electrons. The summed E-state index contributed by atoms with van der Waals surface area (Å²) < 4.78 is 0. The molecule has 6 heteroatoms. The third kappa shape index (κ3) is 2.83. The van der Waals surface area contributed by atoms with Gasteiger partial charge in [0.1, 0.15) is 5.01 Å². The fraction of sp³-hybridized carbons (Fsp3) is 0.833. The molecule has 5 nitrogen and oxygen atoms in total. The maximum Gasteiger partial charge on any atom is 0.230 e. The second-order valence-corrected chi connectivity index (χ2v) is 8.72. The molecule has 3 fully saturated rings. The third-order valence-electron chi connectivity index (χ3n) is 6.17. The standard InChI is InChI=1S/C18H28N4OS/c1-2-15-19-20-17(24-15)21-12-10-18(13-21)9-6-11-22(16(18)23)14-7-4-3-5-8-14/h14H,2-13H2,1H3/t18-/m1/s1. The van der Waals surface area contributed by atoms with Crippen molar-refractivity contribution in [1.82, 2.24) is 15.1 Å². The summed E-state index contributed by atoms with van der Waals surface area (Å²) in [6.07, 6.45) is 10.5.